The first-order valence-electron chi connectivity index (χ1n) is 6.43. The zero-order valence-corrected chi connectivity index (χ0v) is 11.3. The Morgan fingerprint density at radius 1 is 1.53 bits per heavy atom. The van der Waals surface area contributed by atoms with E-state index < -0.39 is 0 Å². The van der Waals surface area contributed by atoms with Gasteiger partial charge in [-0.1, -0.05) is 18.9 Å². The van der Waals surface area contributed by atoms with Crippen molar-refractivity contribution in [3.05, 3.63) is 22.4 Å². The molecule has 4 heteroatoms. The van der Waals surface area contributed by atoms with E-state index >= 15 is 0 Å². The van der Waals surface area contributed by atoms with Crippen LogP contribution in [0.5, 0.6) is 0 Å². The Morgan fingerprint density at radius 2 is 2.29 bits per heavy atom. The highest BCUT2D eigenvalue weighted by Gasteiger charge is 2.41. The topological polar surface area (TPSA) is 47.3 Å². The number of nitrogens with two attached hydrogens (primary N) is 1. The van der Waals surface area contributed by atoms with Gasteiger partial charge in [-0.05, 0) is 31.2 Å². The van der Waals surface area contributed by atoms with Gasteiger partial charge in [0, 0.05) is 17.9 Å². The van der Waals surface area contributed by atoms with Gasteiger partial charge in [-0.15, -0.1) is 11.3 Å². The Bertz CT molecular complexity index is 320. The summed E-state index contributed by atoms with van der Waals surface area (Å²) in [5, 5.41) is 2.12. The molecule has 1 aromatic rings. The van der Waals surface area contributed by atoms with Crippen molar-refractivity contribution in [1.29, 1.82) is 0 Å². The van der Waals surface area contributed by atoms with Crippen LogP contribution in [0.15, 0.2) is 17.5 Å². The highest BCUT2D eigenvalue weighted by atomic mass is 32.1. The minimum atomic E-state index is -0.0481. The number of thiophene rings is 1. The Hall–Kier alpha value is -0.420. The first-order valence-corrected chi connectivity index (χ1v) is 7.31. The summed E-state index contributed by atoms with van der Waals surface area (Å²) in [7, 11) is 0. The number of rotatable bonds is 6. The van der Waals surface area contributed by atoms with Crippen molar-refractivity contribution in [2.24, 2.45) is 5.84 Å². The Kier molecular flexibility index (Phi) is 4.56. The average Bonchev–Trinajstić information content (AvgIpc) is 2.97. The van der Waals surface area contributed by atoms with E-state index in [1.807, 2.05) is 0 Å². The van der Waals surface area contributed by atoms with Crippen LogP contribution < -0.4 is 11.3 Å². The zero-order chi connectivity index (χ0) is 12.1. The maximum Gasteiger partial charge on any atom is 0.0851 e. The predicted molar refractivity (Wildman–Crippen MR) is 72.0 cm³/mol. The quantitative estimate of drug-likeness (QED) is 0.605. The van der Waals surface area contributed by atoms with E-state index in [1.54, 1.807) is 11.3 Å². The Balaban J connectivity index is 2.09. The molecule has 1 atom stereocenters. The second kappa shape index (κ2) is 5.96. The van der Waals surface area contributed by atoms with Gasteiger partial charge in [0.25, 0.3) is 0 Å². The summed E-state index contributed by atoms with van der Waals surface area (Å²) in [6.07, 6.45) is 5.72. The van der Waals surface area contributed by atoms with Crippen LogP contribution in [0.1, 0.15) is 37.5 Å². The maximum absolute atomic E-state index is 6.05. The molecule has 0 spiro atoms. The molecule has 1 saturated carbocycles. The van der Waals surface area contributed by atoms with Crippen LogP contribution in [0.4, 0.5) is 0 Å². The molecule has 1 fully saturated rings. The Labute approximate surface area is 107 Å². The normalized spacial score (nSPS) is 20.6. The summed E-state index contributed by atoms with van der Waals surface area (Å²) in [5.74, 6) is 5.76. The summed E-state index contributed by atoms with van der Waals surface area (Å²) in [4.78, 5) is 1.37. The van der Waals surface area contributed by atoms with Crippen LogP contribution >= 0.6 is 11.3 Å². The molecule has 1 aliphatic carbocycles. The lowest BCUT2D eigenvalue weighted by Crippen LogP contribution is -2.54. The molecule has 1 aromatic heterocycles. The van der Waals surface area contributed by atoms with Crippen LogP contribution in [0.25, 0.3) is 0 Å². The van der Waals surface area contributed by atoms with Gasteiger partial charge in [-0.25, -0.2) is 0 Å². The van der Waals surface area contributed by atoms with E-state index in [4.69, 9.17) is 10.6 Å². The van der Waals surface area contributed by atoms with E-state index in [2.05, 4.69) is 29.9 Å². The first kappa shape index (κ1) is 13.0. The fourth-order valence-corrected chi connectivity index (χ4v) is 3.63. The summed E-state index contributed by atoms with van der Waals surface area (Å²) in [5.41, 5.74) is 2.94. The fraction of sp³-hybridized carbons (Fsp3) is 0.692. The molecule has 1 unspecified atom stereocenters. The summed E-state index contributed by atoms with van der Waals surface area (Å²) >= 11 is 1.79. The molecule has 3 N–H and O–H groups in total. The van der Waals surface area contributed by atoms with Crippen molar-refractivity contribution in [1.82, 2.24) is 5.43 Å². The third kappa shape index (κ3) is 2.88. The summed E-state index contributed by atoms with van der Waals surface area (Å²) < 4.78 is 6.05. The van der Waals surface area contributed by atoms with Crippen molar-refractivity contribution in [3.8, 4) is 0 Å². The number of hydrogen-bond acceptors (Lipinski definition) is 4. The second-order valence-electron chi connectivity index (χ2n) is 4.71. The lowest BCUT2D eigenvalue weighted by atomic mass is 9.89. The molecule has 3 nitrogen and oxygen atoms in total. The predicted octanol–water partition coefficient (Wildman–Crippen LogP) is 2.47. The van der Waals surface area contributed by atoms with Crippen LogP contribution in [0, 0.1) is 0 Å². The number of ether oxygens (including phenoxy) is 1. The molecule has 0 amide bonds. The number of nitrogens with one attached hydrogen (secondary N) is 1. The van der Waals surface area contributed by atoms with Gasteiger partial charge in [-0.3, -0.25) is 11.3 Å². The minimum Gasteiger partial charge on any atom is -0.374 e. The van der Waals surface area contributed by atoms with Crippen molar-refractivity contribution < 1.29 is 4.74 Å². The van der Waals surface area contributed by atoms with Gasteiger partial charge in [0.05, 0.1) is 11.6 Å². The smallest absolute Gasteiger partial charge is 0.0851 e. The third-order valence-corrected chi connectivity index (χ3v) is 4.60. The monoisotopic (exact) mass is 254 g/mol. The van der Waals surface area contributed by atoms with Gasteiger partial charge >= 0.3 is 0 Å². The van der Waals surface area contributed by atoms with Crippen LogP contribution in [-0.4, -0.2) is 18.2 Å². The van der Waals surface area contributed by atoms with Crippen LogP contribution in [-0.2, 0) is 11.2 Å². The van der Waals surface area contributed by atoms with E-state index in [9.17, 15) is 0 Å². The highest BCUT2D eigenvalue weighted by molar-refractivity contribution is 7.09. The van der Waals surface area contributed by atoms with Crippen molar-refractivity contribution in [2.75, 3.05) is 6.61 Å². The van der Waals surface area contributed by atoms with Crippen molar-refractivity contribution in [3.63, 3.8) is 0 Å². The molecule has 0 aliphatic heterocycles. The Morgan fingerprint density at radius 3 is 2.82 bits per heavy atom. The molecule has 17 heavy (non-hydrogen) atoms. The number of hydrazine groups is 1. The lowest BCUT2D eigenvalue weighted by Gasteiger charge is -2.36. The highest BCUT2D eigenvalue weighted by Crippen LogP contribution is 2.37. The molecule has 0 saturated heterocycles. The van der Waals surface area contributed by atoms with Gasteiger partial charge in [0.1, 0.15) is 0 Å². The van der Waals surface area contributed by atoms with Gasteiger partial charge in [0.2, 0.25) is 0 Å². The number of hydrogen-bond donors (Lipinski definition) is 2. The summed E-state index contributed by atoms with van der Waals surface area (Å²) in [6, 6.07) is 4.49. The average molecular weight is 254 g/mol. The molecule has 0 aromatic carbocycles. The van der Waals surface area contributed by atoms with E-state index in [1.165, 1.54) is 17.7 Å². The van der Waals surface area contributed by atoms with Gasteiger partial charge < -0.3 is 4.74 Å². The molecule has 96 valence electrons. The van der Waals surface area contributed by atoms with E-state index in [0.717, 1.165) is 25.9 Å². The lowest BCUT2D eigenvalue weighted by molar-refractivity contribution is -0.0611. The molecular formula is C13H22N2OS. The summed E-state index contributed by atoms with van der Waals surface area (Å²) in [6.45, 7) is 2.83. The third-order valence-electron chi connectivity index (χ3n) is 3.70. The zero-order valence-electron chi connectivity index (χ0n) is 10.4. The van der Waals surface area contributed by atoms with Crippen molar-refractivity contribution in [2.45, 2.75) is 50.7 Å². The SMILES string of the molecule is CCOC1(C(Cc2cccs2)NN)CCCC1. The molecular weight excluding hydrogens is 232 g/mol. The molecule has 1 heterocycles. The van der Waals surface area contributed by atoms with Gasteiger partial charge in [0.15, 0.2) is 0 Å². The standard InChI is InChI=1S/C13H22N2OS/c1-2-16-13(7-3-4-8-13)12(15-14)10-11-6-5-9-17-11/h5-6,9,12,15H,2-4,7-8,10,14H2,1H3. The van der Waals surface area contributed by atoms with Gasteiger partial charge in [-0.2, -0.15) is 0 Å². The molecule has 2 rings (SSSR count). The van der Waals surface area contributed by atoms with E-state index in [-0.39, 0.29) is 11.6 Å². The largest absolute Gasteiger partial charge is 0.374 e. The molecule has 1 aliphatic rings. The fourth-order valence-electron chi connectivity index (χ4n) is 2.88. The van der Waals surface area contributed by atoms with Crippen LogP contribution in [0.2, 0.25) is 0 Å². The van der Waals surface area contributed by atoms with Crippen molar-refractivity contribution >= 4 is 11.3 Å². The first-order chi connectivity index (χ1) is 8.30. The molecule has 0 bridgehead atoms. The maximum atomic E-state index is 6.05. The minimum absolute atomic E-state index is 0.0481. The van der Waals surface area contributed by atoms with E-state index in [0.29, 0.717) is 0 Å². The molecule has 0 radical (unpaired) electrons. The second-order valence-corrected chi connectivity index (χ2v) is 5.74. The van der Waals surface area contributed by atoms with Crippen LogP contribution in [0.3, 0.4) is 0 Å².